The summed E-state index contributed by atoms with van der Waals surface area (Å²) >= 11 is 0. The molecule has 3 nitrogen and oxygen atoms in total. The van der Waals surface area contributed by atoms with E-state index in [1.807, 2.05) is 0 Å². The molecule has 0 bridgehead atoms. The van der Waals surface area contributed by atoms with Crippen LogP contribution in [0.2, 0.25) is 0 Å². The van der Waals surface area contributed by atoms with Gasteiger partial charge in [-0.05, 0) is 31.0 Å². The second-order valence-electron chi connectivity index (χ2n) is 4.81. The standard InChI is InChI=1S/C12H15F3N2O/c13-12(14,15)9-5-8(16)1-2-10(9)17-6-11(7-18)3-4-11/h1-2,5,17-18H,3-4,6-7,16H2. The van der Waals surface area contributed by atoms with Crippen LogP contribution < -0.4 is 11.1 Å². The van der Waals surface area contributed by atoms with Crippen molar-refractivity contribution in [1.29, 1.82) is 0 Å². The summed E-state index contributed by atoms with van der Waals surface area (Å²) in [6.45, 7) is 0.340. The molecule has 0 amide bonds. The van der Waals surface area contributed by atoms with Crippen molar-refractivity contribution < 1.29 is 18.3 Å². The molecule has 0 radical (unpaired) electrons. The predicted octanol–water partition coefficient (Wildman–Crippen LogP) is 2.47. The summed E-state index contributed by atoms with van der Waals surface area (Å²) in [5.74, 6) is 0. The molecule has 0 heterocycles. The summed E-state index contributed by atoms with van der Waals surface area (Å²) in [4.78, 5) is 0. The Morgan fingerprint density at radius 1 is 1.33 bits per heavy atom. The third-order valence-electron chi connectivity index (χ3n) is 3.30. The van der Waals surface area contributed by atoms with Crippen molar-refractivity contribution in [2.24, 2.45) is 5.41 Å². The average molecular weight is 260 g/mol. The molecule has 100 valence electrons. The van der Waals surface area contributed by atoms with Crippen LogP contribution in [-0.4, -0.2) is 18.3 Å². The van der Waals surface area contributed by atoms with Crippen molar-refractivity contribution in [3.05, 3.63) is 23.8 Å². The van der Waals surface area contributed by atoms with Gasteiger partial charge in [0, 0.05) is 23.3 Å². The smallest absolute Gasteiger partial charge is 0.399 e. The average Bonchev–Trinajstić information content (AvgIpc) is 3.07. The van der Waals surface area contributed by atoms with Gasteiger partial charge in [0.1, 0.15) is 0 Å². The van der Waals surface area contributed by atoms with E-state index in [-0.39, 0.29) is 23.4 Å². The summed E-state index contributed by atoms with van der Waals surface area (Å²) in [5.41, 5.74) is 4.45. The van der Waals surface area contributed by atoms with Crippen molar-refractivity contribution in [1.82, 2.24) is 0 Å². The van der Waals surface area contributed by atoms with Gasteiger partial charge in [-0.3, -0.25) is 0 Å². The molecular formula is C12H15F3N2O. The topological polar surface area (TPSA) is 58.3 Å². The second kappa shape index (κ2) is 4.35. The zero-order chi connectivity index (χ0) is 13.4. The third kappa shape index (κ3) is 2.69. The minimum absolute atomic E-state index is 0.00365. The van der Waals surface area contributed by atoms with E-state index in [1.165, 1.54) is 12.1 Å². The summed E-state index contributed by atoms with van der Waals surface area (Å²) < 4.78 is 38.4. The number of alkyl halides is 3. The molecule has 1 aliphatic carbocycles. The fourth-order valence-electron chi connectivity index (χ4n) is 1.80. The SMILES string of the molecule is Nc1ccc(NCC2(CO)CC2)c(C(F)(F)F)c1. The molecule has 0 atom stereocenters. The lowest BCUT2D eigenvalue weighted by Crippen LogP contribution is -2.21. The van der Waals surface area contributed by atoms with E-state index in [0.717, 1.165) is 18.9 Å². The van der Waals surface area contributed by atoms with Crippen LogP contribution in [0.5, 0.6) is 0 Å². The lowest BCUT2D eigenvalue weighted by atomic mass is 10.1. The van der Waals surface area contributed by atoms with Crippen LogP contribution in [0.4, 0.5) is 24.5 Å². The number of anilines is 2. The maximum atomic E-state index is 12.8. The van der Waals surface area contributed by atoms with Crippen molar-refractivity contribution in [3.63, 3.8) is 0 Å². The number of aliphatic hydroxyl groups excluding tert-OH is 1. The first-order valence-electron chi connectivity index (χ1n) is 5.68. The van der Waals surface area contributed by atoms with Crippen LogP contribution in [-0.2, 0) is 6.18 Å². The Kier molecular flexibility index (Phi) is 3.14. The number of nitrogens with one attached hydrogen (secondary N) is 1. The minimum Gasteiger partial charge on any atom is -0.399 e. The zero-order valence-electron chi connectivity index (χ0n) is 9.72. The number of hydrogen-bond donors (Lipinski definition) is 3. The van der Waals surface area contributed by atoms with Crippen LogP contribution in [0, 0.1) is 5.41 Å². The number of hydrogen-bond acceptors (Lipinski definition) is 3. The number of nitrogens with two attached hydrogens (primary N) is 1. The molecule has 1 saturated carbocycles. The van der Waals surface area contributed by atoms with E-state index in [4.69, 9.17) is 10.8 Å². The molecular weight excluding hydrogens is 245 g/mol. The third-order valence-corrected chi connectivity index (χ3v) is 3.30. The first-order chi connectivity index (χ1) is 8.36. The molecule has 1 aliphatic rings. The highest BCUT2D eigenvalue weighted by Gasteiger charge is 2.42. The van der Waals surface area contributed by atoms with Crippen molar-refractivity contribution in [3.8, 4) is 0 Å². The summed E-state index contributed by atoms with van der Waals surface area (Å²) in [7, 11) is 0. The number of rotatable bonds is 4. The highest BCUT2D eigenvalue weighted by Crippen LogP contribution is 2.45. The molecule has 18 heavy (non-hydrogen) atoms. The first-order valence-corrected chi connectivity index (χ1v) is 5.68. The molecule has 0 aromatic heterocycles. The lowest BCUT2D eigenvalue weighted by molar-refractivity contribution is -0.136. The monoisotopic (exact) mass is 260 g/mol. The molecule has 0 aliphatic heterocycles. The molecule has 1 aromatic rings. The van der Waals surface area contributed by atoms with Gasteiger partial charge in [-0.25, -0.2) is 0 Å². The van der Waals surface area contributed by atoms with Crippen LogP contribution in [0.1, 0.15) is 18.4 Å². The lowest BCUT2D eigenvalue weighted by Gasteiger charge is -2.18. The maximum absolute atomic E-state index is 12.8. The Balaban J connectivity index is 2.17. The van der Waals surface area contributed by atoms with E-state index < -0.39 is 11.7 Å². The van der Waals surface area contributed by atoms with Gasteiger partial charge in [0.05, 0.1) is 12.2 Å². The number of halogens is 3. The molecule has 0 saturated heterocycles. The minimum atomic E-state index is -4.44. The second-order valence-corrected chi connectivity index (χ2v) is 4.81. The highest BCUT2D eigenvalue weighted by molar-refractivity contribution is 5.59. The predicted molar refractivity (Wildman–Crippen MR) is 63.1 cm³/mol. The molecule has 0 unspecified atom stereocenters. The number of benzene rings is 1. The van der Waals surface area contributed by atoms with Crippen LogP contribution in [0.25, 0.3) is 0 Å². The zero-order valence-corrected chi connectivity index (χ0v) is 9.72. The molecule has 0 spiro atoms. The maximum Gasteiger partial charge on any atom is 0.418 e. The normalized spacial score (nSPS) is 17.6. The molecule has 1 fully saturated rings. The Labute approximate surface area is 103 Å². The first kappa shape index (κ1) is 13.0. The fraction of sp³-hybridized carbons (Fsp3) is 0.500. The van der Waals surface area contributed by atoms with Crippen LogP contribution in [0.15, 0.2) is 18.2 Å². The highest BCUT2D eigenvalue weighted by atomic mass is 19.4. The van der Waals surface area contributed by atoms with Gasteiger partial charge in [0.25, 0.3) is 0 Å². The van der Waals surface area contributed by atoms with E-state index in [1.54, 1.807) is 0 Å². The Bertz CT molecular complexity index is 441. The number of aliphatic hydroxyl groups is 1. The summed E-state index contributed by atoms with van der Waals surface area (Å²) in [5, 5.41) is 11.9. The van der Waals surface area contributed by atoms with Crippen LogP contribution in [0.3, 0.4) is 0 Å². The van der Waals surface area contributed by atoms with Gasteiger partial charge in [-0.1, -0.05) is 0 Å². The Morgan fingerprint density at radius 2 is 2.00 bits per heavy atom. The van der Waals surface area contributed by atoms with Gasteiger partial charge in [0.2, 0.25) is 0 Å². The van der Waals surface area contributed by atoms with E-state index in [0.29, 0.717) is 6.54 Å². The van der Waals surface area contributed by atoms with E-state index in [9.17, 15) is 13.2 Å². The van der Waals surface area contributed by atoms with Gasteiger partial charge in [-0.2, -0.15) is 13.2 Å². The molecule has 1 aromatic carbocycles. The Hall–Kier alpha value is -1.43. The molecule has 4 N–H and O–H groups in total. The number of nitrogen functional groups attached to an aromatic ring is 1. The van der Waals surface area contributed by atoms with Gasteiger partial charge >= 0.3 is 6.18 Å². The largest absolute Gasteiger partial charge is 0.418 e. The van der Waals surface area contributed by atoms with Crippen LogP contribution >= 0.6 is 0 Å². The Morgan fingerprint density at radius 3 is 2.50 bits per heavy atom. The van der Waals surface area contributed by atoms with Crippen molar-refractivity contribution in [2.45, 2.75) is 19.0 Å². The van der Waals surface area contributed by atoms with Gasteiger partial charge in [0.15, 0.2) is 0 Å². The molecule has 2 rings (SSSR count). The summed E-state index contributed by atoms with van der Waals surface area (Å²) in [6.07, 6.45) is -2.76. The van der Waals surface area contributed by atoms with Gasteiger partial charge in [-0.15, -0.1) is 0 Å². The van der Waals surface area contributed by atoms with E-state index in [2.05, 4.69) is 5.32 Å². The molecule has 6 heteroatoms. The van der Waals surface area contributed by atoms with Crippen molar-refractivity contribution in [2.75, 3.05) is 24.2 Å². The summed E-state index contributed by atoms with van der Waals surface area (Å²) in [6, 6.07) is 3.67. The quantitative estimate of drug-likeness (QED) is 0.729. The van der Waals surface area contributed by atoms with Crippen molar-refractivity contribution >= 4 is 11.4 Å². The fourth-order valence-corrected chi connectivity index (χ4v) is 1.80. The van der Waals surface area contributed by atoms with Gasteiger partial charge < -0.3 is 16.2 Å². The van der Waals surface area contributed by atoms with E-state index >= 15 is 0 Å².